The van der Waals surface area contributed by atoms with E-state index in [-0.39, 0.29) is 18.2 Å². The highest BCUT2D eigenvalue weighted by Gasteiger charge is 2.26. The maximum atomic E-state index is 12.9. The number of hydrogen-bond donors (Lipinski definition) is 1. The van der Waals surface area contributed by atoms with Crippen LogP contribution in [-0.4, -0.2) is 48.7 Å². The van der Waals surface area contributed by atoms with Crippen molar-refractivity contribution >= 4 is 23.5 Å². The number of carboxylic acids is 1. The first-order chi connectivity index (χ1) is 12.5. The third kappa shape index (κ3) is 5.27. The fourth-order valence-electron chi connectivity index (χ4n) is 3.18. The molecule has 2 rings (SSSR count). The van der Waals surface area contributed by atoms with E-state index in [1.54, 1.807) is 17.0 Å². The second kappa shape index (κ2) is 9.67. The number of carboxylic acid groups (broad SMARTS) is 1. The van der Waals surface area contributed by atoms with Crippen molar-refractivity contribution in [3.05, 3.63) is 22.7 Å². The smallest absolute Gasteiger partial charge is 0.303 e. The standard InChI is InChI=1S/C19H26ClNO5/c1-3-9-26-18-15(20)10-14(11-16(18)25-2)19(24)21-8-4-5-13(12-21)6-7-17(22)23/h10-11,13H,3-9,12H2,1-2H3,(H,22,23). The first kappa shape index (κ1) is 20.4. The summed E-state index contributed by atoms with van der Waals surface area (Å²) in [4.78, 5) is 25.4. The molecule has 1 saturated heterocycles. The Kier molecular flexibility index (Phi) is 7.57. The molecule has 0 spiro atoms. The number of carbonyl (C=O) groups is 2. The molecule has 1 fully saturated rings. The normalized spacial score (nSPS) is 17.0. The topological polar surface area (TPSA) is 76.1 Å². The minimum atomic E-state index is -0.798. The zero-order chi connectivity index (χ0) is 19.1. The number of ether oxygens (including phenoxy) is 2. The van der Waals surface area contributed by atoms with Crippen molar-refractivity contribution < 1.29 is 24.2 Å². The van der Waals surface area contributed by atoms with Crippen LogP contribution in [0.5, 0.6) is 11.5 Å². The number of benzene rings is 1. The predicted octanol–water partition coefficient (Wildman–Crippen LogP) is 3.85. The van der Waals surface area contributed by atoms with Crippen molar-refractivity contribution in [2.24, 2.45) is 5.92 Å². The van der Waals surface area contributed by atoms with Gasteiger partial charge in [0.05, 0.1) is 18.7 Å². The highest BCUT2D eigenvalue weighted by atomic mass is 35.5. The van der Waals surface area contributed by atoms with Crippen molar-refractivity contribution in [2.75, 3.05) is 26.8 Å². The molecular formula is C19H26ClNO5. The Hall–Kier alpha value is -1.95. The van der Waals surface area contributed by atoms with Crippen LogP contribution in [0, 0.1) is 5.92 Å². The summed E-state index contributed by atoms with van der Waals surface area (Å²) in [5.74, 6) is 0.188. The Labute approximate surface area is 159 Å². The summed E-state index contributed by atoms with van der Waals surface area (Å²) in [6.45, 7) is 3.74. The molecular weight excluding hydrogens is 358 g/mol. The maximum absolute atomic E-state index is 12.9. The fourth-order valence-corrected chi connectivity index (χ4v) is 3.45. The minimum absolute atomic E-state index is 0.118. The van der Waals surface area contributed by atoms with Crippen molar-refractivity contribution in [1.82, 2.24) is 4.90 Å². The van der Waals surface area contributed by atoms with E-state index in [1.165, 1.54) is 7.11 Å². The van der Waals surface area contributed by atoms with Gasteiger partial charge in [-0.05, 0) is 43.7 Å². The third-order valence-electron chi connectivity index (χ3n) is 4.50. The Bertz CT molecular complexity index is 649. The number of piperidine rings is 1. The molecule has 1 amide bonds. The van der Waals surface area contributed by atoms with Gasteiger partial charge in [-0.2, -0.15) is 0 Å². The monoisotopic (exact) mass is 383 g/mol. The fraction of sp³-hybridized carbons (Fsp3) is 0.579. The first-order valence-electron chi connectivity index (χ1n) is 8.97. The number of carbonyl (C=O) groups excluding carboxylic acids is 1. The van der Waals surface area contributed by atoms with Gasteiger partial charge in [0.2, 0.25) is 0 Å². The summed E-state index contributed by atoms with van der Waals surface area (Å²) in [5.41, 5.74) is 0.453. The van der Waals surface area contributed by atoms with Crippen LogP contribution in [0.2, 0.25) is 5.02 Å². The molecule has 1 heterocycles. The molecule has 1 N–H and O–H groups in total. The molecule has 1 atom stereocenters. The van der Waals surface area contributed by atoms with Crippen molar-refractivity contribution in [3.63, 3.8) is 0 Å². The van der Waals surface area contributed by atoms with Gasteiger partial charge in [0.1, 0.15) is 0 Å². The molecule has 0 aliphatic carbocycles. The van der Waals surface area contributed by atoms with Crippen LogP contribution in [0.25, 0.3) is 0 Å². The molecule has 1 unspecified atom stereocenters. The van der Waals surface area contributed by atoms with Crippen molar-refractivity contribution in [3.8, 4) is 11.5 Å². The average molecular weight is 384 g/mol. The molecule has 1 aromatic rings. The molecule has 7 heteroatoms. The average Bonchev–Trinajstić information content (AvgIpc) is 2.64. The molecule has 1 aliphatic rings. The number of nitrogens with zero attached hydrogens (tertiary/aromatic N) is 1. The van der Waals surface area contributed by atoms with Crippen LogP contribution in [0.4, 0.5) is 0 Å². The van der Waals surface area contributed by atoms with E-state index in [2.05, 4.69) is 0 Å². The van der Waals surface area contributed by atoms with Crippen molar-refractivity contribution in [2.45, 2.75) is 39.0 Å². The lowest BCUT2D eigenvalue weighted by atomic mass is 9.93. The summed E-state index contributed by atoms with van der Waals surface area (Å²) < 4.78 is 11.0. The van der Waals surface area contributed by atoms with Gasteiger partial charge in [0.15, 0.2) is 11.5 Å². The summed E-state index contributed by atoms with van der Waals surface area (Å²) in [7, 11) is 1.52. The van der Waals surface area contributed by atoms with Gasteiger partial charge in [-0.25, -0.2) is 0 Å². The zero-order valence-electron chi connectivity index (χ0n) is 15.3. The highest BCUT2D eigenvalue weighted by Crippen LogP contribution is 2.37. The van der Waals surface area contributed by atoms with Gasteiger partial charge in [-0.1, -0.05) is 18.5 Å². The Morgan fingerprint density at radius 1 is 1.38 bits per heavy atom. The summed E-state index contributed by atoms with van der Waals surface area (Å²) in [5, 5.41) is 9.20. The maximum Gasteiger partial charge on any atom is 0.303 e. The molecule has 1 aliphatic heterocycles. The lowest BCUT2D eigenvalue weighted by molar-refractivity contribution is -0.137. The van der Waals surface area contributed by atoms with E-state index in [0.717, 1.165) is 19.3 Å². The molecule has 6 nitrogen and oxygen atoms in total. The van der Waals surface area contributed by atoms with Gasteiger partial charge in [-0.15, -0.1) is 0 Å². The number of rotatable bonds is 8. The molecule has 26 heavy (non-hydrogen) atoms. The van der Waals surface area contributed by atoms with E-state index >= 15 is 0 Å². The highest BCUT2D eigenvalue weighted by molar-refractivity contribution is 6.32. The summed E-state index contributed by atoms with van der Waals surface area (Å²) in [6.07, 6.45) is 3.39. The van der Waals surface area contributed by atoms with Gasteiger partial charge in [0, 0.05) is 25.1 Å². The lowest BCUT2D eigenvalue weighted by Gasteiger charge is -2.33. The van der Waals surface area contributed by atoms with Gasteiger partial charge >= 0.3 is 5.97 Å². The van der Waals surface area contributed by atoms with Crippen LogP contribution >= 0.6 is 11.6 Å². The van der Waals surface area contributed by atoms with Crippen LogP contribution in [-0.2, 0) is 4.79 Å². The van der Waals surface area contributed by atoms with Crippen LogP contribution in [0.1, 0.15) is 49.4 Å². The lowest BCUT2D eigenvalue weighted by Crippen LogP contribution is -2.40. The Morgan fingerprint density at radius 3 is 2.81 bits per heavy atom. The second-order valence-electron chi connectivity index (χ2n) is 6.53. The largest absolute Gasteiger partial charge is 0.493 e. The molecule has 1 aromatic carbocycles. The number of hydrogen-bond acceptors (Lipinski definition) is 4. The second-order valence-corrected chi connectivity index (χ2v) is 6.94. The molecule has 0 aromatic heterocycles. The first-order valence-corrected chi connectivity index (χ1v) is 9.35. The van der Waals surface area contributed by atoms with Gasteiger partial charge < -0.3 is 19.5 Å². The van der Waals surface area contributed by atoms with Crippen LogP contribution in [0.3, 0.4) is 0 Å². The summed E-state index contributed by atoms with van der Waals surface area (Å²) >= 11 is 6.30. The van der Waals surface area contributed by atoms with Crippen molar-refractivity contribution in [1.29, 1.82) is 0 Å². The minimum Gasteiger partial charge on any atom is -0.493 e. The third-order valence-corrected chi connectivity index (χ3v) is 4.78. The van der Waals surface area contributed by atoms with E-state index in [9.17, 15) is 9.59 Å². The number of aliphatic carboxylic acids is 1. The number of halogens is 1. The molecule has 0 bridgehead atoms. The SMILES string of the molecule is CCCOc1c(Cl)cc(C(=O)N2CCCC(CCC(=O)O)C2)cc1OC. The quantitative estimate of drug-likeness (QED) is 0.737. The van der Waals surface area contributed by atoms with Gasteiger partial charge in [-0.3, -0.25) is 9.59 Å². The number of methoxy groups -OCH3 is 1. The predicted molar refractivity (Wildman–Crippen MR) is 99.3 cm³/mol. The molecule has 0 saturated carbocycles. The molecule has 0 radical (unpaired) electrons. The van der Waals surface area contributed by atoms with Gasteiger partial charge in [0.25, 0.3) is 5.91 Å². The van der Waals surface area contributed by atoms with Crippen LogP contribution in [0.15, 0.2) is 12.1 Å². The zero-order valence-corrected chi connectivity index (χ0v) is 16.1. The summed E-state index contributed by atoms with van der Waals surface area (Å²) in [6, 6.07) is 3.26. The van der Waals surface area contributed by atoms with E-state index in [4.69, 9.17) is 26.2 Å². The Balaban J connectivity index is 2.12. The van der Waals surface area contributed by atoms with E-state index in [0.29, 0.717) is 48.2 Å². The Morgan fingerprint density at radius 2 is 2.15 bits per heavy atom. The number of likely N-dealkylation sites (tertiary alicyclic amines) is 1. The number of amides is 1. The molecule has 144 valence electrons. The van der Waals surface area contributed by atoms with E-state index in [1.807, 2.05) is 6.92 Å². The van der Waals surface area contributed by atoms with E-state index < -0.39 is 5.97 Å². The van der Waals surface area contributed by atoms with Crippen LogP contribution < -0.4 is 9.47 Å².